The number of amides is 1. The molecule has 2 aromatic carbocycles. The van der Waals surface area contributed by atoms with Gasteiger partial charge in [-0.05, 0) is 77.5 Å². The molecule has 28 heavy (non-hydrogen) atoms. The van der Waals surface area contributed by atoms with Crippen molar-refractivity contribution in [3.8, 4) is 11.4 Å². The smallest absolute Gasteiger partial charge is 0.356 e. The standard InChI is InChI=1S/C20H16IN3O4/c1-28-15-8-6-14(7-9-15)24-18-16(17(22-24)20(26)27)10-11-23(19(18)25)13-4-2-12(21)3-5-13/h2-9H,10-11H2,1H3,(H,26,27). The van der Waals surface area contributed by atoms with E-state index in [0.717, 1.165) is 9.26 Å². The molecule has 142 valence electrons. The van der Waals surface area contributed by atoms with Gasteiger partial charge >= 0.3 is 5.97 Å². The molecule has 0 bridgehead atoms. The summed E-state index contributed by atoms with van der Waals surface area (Å²) in [5.41, 5.74) is 2.04. The van der Waals surface area contributed by atoms with Gasteiger partial charge in [0.05, 0.1) is 12.8 Å². The van der Waals surface area contributed by atoms with Gasteiger partial charge in [-0.3, -0.25) is 4.79 Å². The fourth-order valence-corrected chi connectivity index (χ4v) is 3.67. The minimum absolute atomic E-state index is 0.0820. The van der Waals surface area contributed by atoms with Crippen molar-refractivity contribution < 1.29 is 19.4 Å². The Kier molecular flexibility index (Phi) is 4.80. The summed E-state index contributed by atoms with van der Waals surface area (Å²) in [7, 11) is 1.57. The van der Waals surface area contributed by atoms with Crippen LogP contribution in [0.4, 0.5) is 5.69 Å². The SMILES string of the molecule is COc1ccc(-n2nc(C(=O)O)c3c2C(=O)N(c2ccc(I)cc2)CC3)cc1. The summed E-state index contributed by atoms with van der Waals surface area (Å²) in [5.74, 6) is -0.743. The van der Waals surface area contributed by atoms with Crippen molar-refractivity contribution in [3.05, 3.63) is 69.1 Å². The highest BCUT2D eigenvalue weighted by Gasteiger charge is 2.35. The lowest BCUT2D eigenvalue weighted by Crippen LogP contribution is -2.39. The van der Waals surface area contributed by atoms with Crippen molar-refractivity contribution in [1.29, 1.82) is 0 Å². The first-order valence-corrected chi connectivity index (χ1v) is 9.64. The van der Waals surface area contributed by atoms with Gasteiger partial charge < -0.3 is 14.7 Å². The van der Waals surface area contributed by atoms with Crippen LogP contribution in [0.15, 0.2) is 48.5 Å². The van der Waals surface area contributed by atoms with Gasteiger partial charge in [0.2, 0.25) is 0 Å². The van der Waals surface area contributed by atoms with Gasteiger partial charge in [0.15, 0.2) is 5.69 Å². The second kappa shape index (κ2) is 7.27. The van der Waals surface area contributed by atoms with E-state index in [4.69, 9.17) is 4.74 Å². The zero-order valence-corrected chi connectivity index (χ0v) is 17.1. The fraction of sp³-hybridized carbons (Fsp3) is 0.150. The first kappa shape index (κ1) is 18.5. The summed E-state index contributed by atoms with van der Waals surface area (Å²) < 4.78 is 7.66. The molecule has 3 aromatic rings. The van der Waals surface area contributed by atoms with Crippen molar-refractivity contribution in [2.45, 2.75) is 6.42 Å². The van der Waals surface area contributed by atoms with Crippen LogP contribution in [-0.4, -0.2) is 40.4 Å². The van der Waals surface area contributed by atoms with Gasteiger partial charge in [-0.1, -0.05) is 0 Å². The second-order valence-corrected chi connectivity index (χ2v) is 7.52. The number of nitrogens with zero attached hydrogens (tertiary/aromatic N) is 3. The third-order valence-electron chi connectivity index (χ3n) is 4.67. The Bertz CT molecular complexity index is 1060. The molecule has 0 saturated heterocycles. The van der Waals surface area contributed by atoms with E-state index in [-0.39, 0.29) is 17.3 Å². The number of aromatic nitrogens is 2. The molecule has 0 saturated carbocycles. The van der Waals surface area contributed by atoms with Crippen molar-refractivity contribution in [2.24, 2.45) is 0 Å². The molecule has 1 aliphatic rings. The highest BCUT2D eigenvalue weighted by Crippen LogP contribution is 2.29. The van der Waals surface area contributed by atoms with E-state index in [9.17, 15) is 14.7 Å². The quantitative estimate of drug-likeness (QED) is 0.569. The molecule has 1 aromatic heterocycles. The average molecular weight is 489 g/mol. The molecule has 7 nitrogen and oxygen atoms in total. The topological polar surface area (TPSA) is 84.7 Å². The number of rotatable bonds is 4. The monoisotopic (exact) mass is 489 g/mol. The number of carboxylic acids is 1. The largest absolute Gasteiger partial charge is 0.497 e. The van der Waals surface area contributed by atoms with Gasteiger partial charge in [0.1, 0.15) is 11.4 Å². The van der Waals surface area contributed by atoms with Gasteiger partial charge in [-0.15, -0.1) is 0 Å². The Morgan fingerprint density at radius 2 is 1.75 bits per heavy atom. The lowest BCUT2D eigenvalue weighted by molar-refractivity contribution is 0.0688. The Labute approximate surface area is 174 Å². The maximum atomic E-state index is 13.3. The maximum absolute atomic E-state index is 13.3. The van der Waals surface area contributed by atoms with E-state index < -0.39 is 5.97 Å². The van der Waals surface area contributed by atoms with Crippen molar-refractivity contribution in [3.63, 3.8) is 0 Å². The van der Waals surface area contributed by atoms with E-state index in [1.54, 1.807) is 36.3 Å². The van der Waals surface area contributed by atoms with Gasteiger partial charge in [-0.25, -0.2) is 9.48 Å². The van der Waals surface area contributed by atoms with Crippen LogP contribution in [0.25, 0.3) is 5.69 Å². The molecule has 0 spiro atoms. The molecule has 1 N–H and O–H groups in total. The number of hydrogen-bond acceptors (Lipinski definition) is 4. The molecule has 8 heteroatoms. The normalized spacial score (nSPS) is 13.4. The summed E-state index contributed by atoms with van der Waals surface area (Å²) in [6.45, 7) is 0.404. The molecule has 2 heterocycles. The number of halogens is 1. The Balaban J connectivity index is 1.83. The molecule has 0 fully saturated rings. The molecule has 4 rings (SSSR count). The first-order chi connectivity index (χ1) is 13.5. The fourth-order valence-electron chi connectivity index (χ4n) is 3.31. The average Bonchev–Trinajstić information content (AvgIpc) is 3.10. The third-order valence-corrected chi connectivity index (χ3v) is 5.39. The van der Waals surface area contributed by atoms with Crippen LogP contribution >= 0.6 is 22.6 Å². The number of ether oxygens (including phenoxy) is 1. The Hall–Kier alpha value is -2.88. The summed E-state index contributed by atoms with van der Waals surface area (Å²) in [5, 5.41) is 13.8. The summed E-state index contributed by atoms with van der Waals surface area (Å²) in [6.07, 6.45) is 0.421. The molecule has 1 amide bonds. The number of aromatic carboxylic acids is 1. The Morgan fingerprint density at radius 1 is 1.11 bits per heavy atom. The van der Waals surface area contributed by atoms with Gasteiger partial charge in [-0.2, -0.15) is 5.10 Å². The van der Waals surface area contributed by atoms with E-state index >= 15 is 0 Å². The molecule has 0 unspecified atom stereocenters. The maximum Gasteiger partial charge on any atom is 0.356 e. The number of hydrogen-bond donors (Lipinski definition) is 1. The van der Waals surface area contributed by atoms with Crippen LogP contribution in [0.2, 0.25) is 0 Å². The van der Waals surface area contributed by atoms with Gasteiger partial charge in [0.25, 0.3) is 5.91 Å². The number of carbonyl (C=O) groups is 2. The number of benzene rings is 2. The molecule has 0 atom stereocenters. The highest BCUT2D eigenvalue weighted by molar-refractivity contribution is 14.1. The first-order valence-electron chi connectivity index (χ1n) is 8.56. The lowest BCUT2D eigenvalue weighted by Gasteiger charge is -2.27. The van der Waals surface area contributed by atoms with E-state index in [1.165, 1.54) is 4.68 Å². The van der Waals surface area contributed by atoms with E-state index in [1.807, 2.05) is 24.3 Å². The molecular weight excluding hydrogens is 473 g/mol. The zero-order chi connectivity index (χ0) is 19.8. The number of anilines is 1. The van der Waals surface area contributed by atoms with Gasteiger partial charge in [0, 0.05) is 21.4 Å². The highest BCUT2D eigenvalue weighted by atomic mass is 127. The number of carboxylic acid groups (broad SMARTS) is 1. The third kappa shape index (κ3) is 3.13. The number of carbonyl (C=O) groups excluding carboxylic acids is 1. The summed E-state index contributed by atoms with van der Waals surface area (Å²) in [6, 6.07) is 14.6. The van der Waals surface area contributed by atoms with Crippen LogP contribution in [0, 0.1) is 3.57 Å². The number of methoxy groups -OCH3 is 1. The van der Waals surface area contributed by atoms with E-state index in [2.05, 4.69) is 27.7 Å². The van der Waals surface area contributed by atoms with Crippen LogP contribution in [0.5, 0.6) is 5.75 Å². The molecular formula is C20H16IN3O4. The van der Waals surface area contributed by atoms with Crippen molar-refractivity contribution in [2.75, 3.05) is 18.6 Å². The zero-order valence-electron chi connectivity index (χ0n) is 14.9. The minimum atomic E-state index is -1.14. The van der Waals surface area contributed by atoms with Crippen molar-refractivity contribution in [1.82, 2.24) is 9.78 Å². The van der Waals surface area contributed by atoms with Crippen LogP contribution in [0.1, 0.15) is 26.5 Å². The van der Waals surface area contributed by atoms with Crippen LogP contribution < -0.4 is 9.64 Å². The molecule has 0 aliphatic carbocycles. The number of fused-ring (bicyclic) bond motifs is 1. The molecule has 1 aliphatic heterocycles. The van der Waals surface area contributed by atoms with E-state index in [0.29, 0.717) is 30.0 Å². The van der Waals surface area contributed by atoms with Crippen LogP contribution in [0.3, 0.4) is 0 Å². The summed E-state index contributed by atoms with van der Waals surface area (Å²) in [4.78, 5) is 26.7. The minimum Gasteiger partial charge on any atom is -0.497 e. The second-order valence-electron chi connectivity index (χ2n) is 6.27. The predicted molar refractivity (Wildman–Crippen MR) is 112 cm³/mol. The van der Waals surface area contributed by atoms with Crippen LogP contribution in [-0.2, 0) is 6.42 Å². The summed E-state index contributed by atoms with van der Waals surface area (Å²) >= 11 is 2.21. The van der Waals surface area contributed by atoms with Crippen molar-refractivity contribution >= 4 is 40.2 Å². The molecule has 0 radical (unpaired) electrons. The Morgan fingerprint density at radius 3 is 2.36 bits per heavy atom. The lowest BCUT2D eigenvalue weighted by atomic mass is 10.0. The predicted octanol–water partition coefficient (Wildman–Crippen LogP) is 3.39.